The van der Waals surface area contributed by atoms with Crippen molar-refractivity contribution in [2.45, 2.75) is 56.4 Å². The maximum Gasteiger partial charge on any atom is 0.227 e. The second-order valence-electron chi connectivity index (χ2n) is 8.67. The van der Waals surface area contributed by atoms with Gasteiger partial charge in [0.2, 0.25) is 5.91 Å². The number of hydrogen-bond donors (Lipinski definition) is 1. The van der Waals surface area contributed by atoms with E-state index in [0.29, 0.717) is 17.9 Å². The third-order valence-electron chi connectivity index (χ3n) is 7.40. The van der Waals surface area contributed by atoms with Gasteiger partial charge >= 0.3 is 0 Å². The summed E-state index contributed by atoms with van der Waals surface area (Å²) in [5, 5.41) is 5.62. The van der Waals surface area contributed by atoms with Crippen molar-refractivity contribution in [3.63, 3.8) is 0 Å². The van der Waals surface area contributed by atoms with E-state index >= 15 is 0 Å². The Morgan fingerprint density at radius 3 is 2.36 bits per heavy atom. The molecule has 2 aromatic rings. The highest BCUT2D eigenvalue weighted by atomic mass is 35.5. The predicted octanol–water partition coefficient (Wildman–Crippen LogP) is 4.84. The summed E-state index contributed by atoms with van der Waals surface area (Å²) in [6.45, 7) is 2.49. The van der Waals surface area contributed by atoms with Gasteiger partial charge in [0, 0.05) is 19.0 Å². The third kappa shape index (κ3) is 3.04. The molecule has 28 heavy (non-hydrogen) atoms. The molecule has 0 aromatic heterocycles. The Kier molecular flexibility index (Phi) is 5.66. The van der Waals surface area contributed by atoms with Gasteiger partial charge in [0.1, 0.15) is 0 Å². The molecule has 2 aliphatic carbocycles. The zero-order chi connectivity index (χ0) is 18.4. The first-order valence-electron chi connectivity index (χ1n) is 10.8. The summed E-state index contributed by atoms with van der Waals surface area (Å²) in [5.74, 6) is 1.05. The van der Waals surface area contributed by atoms with Crippen LogP contribution in [0.4, 0.5) is 0 Å². The summed E-state index contributed by atoms with van der Waals surface area (Å²) < 4.78 is 0. The fraction of sp³-hybridized carbons (Fsp3) is 0.542. The van der Waals surface area contributed by atoms with E-state index in [4.69, 9.17) is 0 Å². The molecule has 4 heteroatoms. The van der Waals surface area contributed by atoms with Gasteiger partial charge in [-0.15, -0.1) is 12.4 Å². The van der Waals surface area contributed by atoms with E-state index in [1.54, 1.807) is 7.05 Å². The van der Waals surface area contributed by atoms with Gasteiger partial charge < -0.3 is 10.2 Å². The summed E-state index contributed by atoms with van der Waals surface area (Å²) >= 11 is 0. The van der Waals surface area contributed by atoms with E-state index in [-0.39, 0.29) is 24.2 Å². The van der Waals surface area contributed by atoms with Crippen LogP contribution in [0.25, 0.3) is 10.8 Å². The average molecular weight is 399 g/mol. The van der Waals surface area contributed by atoms with Crippen LogP contribution < -0.4 is 5.32 Å². The van der Waals surface area contributed by atoms with Crippen LogP contribution in [0.15, 0.2) is 36.4 Å². The summed E-state index contributed by atoms with van der Waals surface area (Å²) in [4.78, 5) is 15.8. The number of rotatable bonds is 3. The van der Waals surface area contributed by atoms with Crippen LogP contribution in [0.5, 0.6) is 0 Å². The number of hydrogen-bond acceptors (Lipinski definition) is 2. The number of halogens is 1. The Morgan fingerprint density at radius 2 is 1.64 bits per heavy atom. The van der Waals surface area contributed by atoms with Crippen LogP contribution in [0.3, 0.4) is 0 Å². The van der Waals surface area contributed by atoms with Crippen molar-refractivity contribution < 1.29 is 4.79 Å². The van der Waals surface area contributed by atoms with E-state index in [0.717, 1.165) is 0 Å². The molecule has 3 nitrogen and oxygen atoms in total. The van der Waals surface area contributed by atoms with E-state index in [1.165, 1.54) is 73.5 Å². The summed E-state index contributed by atoms with van der Waals surface area (Å²) in [6, 6.07) is 13.8. The molecule has 1 heterocycles. The monoisotopic (exact) mass is 398 g/mol. The average Bonchev–Trinajstić information content (AvgIpc) is 3.36. The van der Waals surface area contributed by atoms with Gasteiger partial charge in [0.25, 0.3) is 0 Å². The van der Waals surface area contributed by atoms with Gasteiger partial charge in [0.15, 0.2) is 0 Å². The maximum atomic E-state index is 13.1. The second kappa shape index (κ2) is 8.04. The van der Waals surface area contributed by atoms with Crippen molar-refractivity contribution in [3.8, 4) is 0 Å². The second-order valence-corrected chi connectivity index (χ2v) is 8.67. The van der Waals surface area contributed by atoms with Crippen molar-refractivity contribution in [3.05, 3.63) is 47.5 Å². The molecule has 0 bridgehead atoms. The van der Waals surface area contributed by atoms with E-state index < -0.39 is 0 Å². The molecular weight excluding hydrogens is 368 g/mol. The number of likely N-dealkylation sites (N-methyl/N-ethyl adjacent to an activating group) is 1. The molecule has 3 aliphatic rings. The topological polar surface area (TPSA) is 32.3 Å². The predicted molar refractivity (Wildman–Crippen MR) is 117 cm³/mol. The molecule has 5 rings (SSSR count). The fourth-order valence-corrected chi connectivity index (χ4v) is 6.33. The Hall–Kier alpha value is -1.58. The molecule has 0 radical (unpaired) electrons. The number of nitrogens with one attached hydrogen (secondary N) is 1. The van der Waals surface area contributed by atoms with Crippen LogP contribution in [0, 0.1) is 5.92 Å². The first-order chi connectivity index (χ1) is 13.3. The van der Waals surface area contributed by atoms with Crippen LogP contribution in [0.1, 0.15) is 61.5 Å². The molecule has 4 atom stereocenters. The van der Waals surface area contributed by atoms with Gasteiger partial charge in [0.05, 0.1) is 5.92 Å². The normalized spacial score (nSPS) is 29.6. The Balaban J connectivity index is 0.00000192. The molecule has 2 aromatic carbocycles. The number of carbonyl (C=O) groups excluding carboxylic acids is 1. The van der Waals surface area contributed by atoms with Crippen molar-refractivity contribution in [2.24, 2.45) is 5.92 Å². The molecule has 1 N–H and O–H groups in total. The van der Waals surface area contributed by atoms with Crippen LogP contribution in [-0.2, 0) is 4.79 Å². The first kappa shape index (κ1) is 19.7. The third-order valence-corrected chi connectivity index (χ3v) is 7.40. The molecule has 0 spiro atoms. The lowest BCUT2D eigenvalue weighted by Gasteiger charge is -2.43. The number of carbonyl (C=O) groups is 1. The molecular formula is C24H31ClN2O. The maximum absolute atomic E-state index is 13.1. The summed E-state index contributed by atoms with van der Waals surface area (Å²) in [5.41, 5.74) is 2.67. The number of likely N-dealkylation sites (tertiary alicyclic amines) is 1. The quantitative estimate of drug-likeness (QED) is 0.802. The molecule has 1 aliphatic heterocycles. The van der Waals surface area contributed by atoms with Crippen molar-refractivity contribution in [1.29, 1.82) is 0 Å². The lowest BCUT2D eigenvalue weighted by Crippen LogP contribution is -2.45. The van der Waals surface area contributed by atoms with Crippen LogP contribution in [-0.4, -0.2) is 37.0 Å². The van der Waals surface area contributed by atoms with Crippen LogP contribution >= 0.6 is 12.4 Å². The SMILES string of the molecule is CNC(=O)C1c2cccc3cccc(c23)C1C1CCCCC1N1CCCC1.Cl. The van der Waals surface area contributed by atoms with Gasteiger partial charge in [-0.3, -0.25) is 4.79 Å². The Bertz CT molecular complexity index is 856. The minimum atomic E-state index is -0.0377. The lowest BCUT2D eigenvalue weighted by atomic mass is 9.69. The van der Waals surface area contributed by atoms with E-state index in [2.05, 4.69) is 46.6 Å². The largest absolute Gasteiger partial charge is 0.359 e. The van der Waals surface area contributed by atoms with Gasteiger partial charge in [-0.25, -0.2) is 0 Å². The Labute approximate surface area is 174 Å². The highest BCUT2D eigenvalue weighted by Crippen LogP contribution is 2.54. The van der Waals surface area contributed by atoms with Gasteiger partial charge in [-0.05, 0) is 66.6 Å². The van der Waals surface area contributed by atoms with E-state index in [1.807, 2.05) is 0 Å². The van der Waals surface area contributed by atoms with Crippen molar-refractivity contribution in [2.75, 3.05) is 20.1 Å². The van der Waals surface area contributed by atoms with E-state index in [9.17, 15) is 4.79 Å². The van der Waals surface area contributed by atoms with Crippen LogP contribution in [0.2, 0.25) is 0 Å². The molecule has 1 saturated heterocycles. The Morgan fingerprint density at radius 1 is 0.964 bits per heavy atom. The van der Waals surface area contributed by atoms with Crippen molar-refractivity contribution >= 4 is 29.1 Å². The van der Waals surface area contributed by atoms with Gasteiger partial charge in [-0.1, -0.05) is 49.2 Å². The zero-order valence-corrected chi connectivity index (χ0v) is 17.5. The number of amides is 1. The number of benzene rings is 2. The fourth-order valence-electron chi connectivity index (χ4n) is 6.33. The van der Waals surface area contributed by atoms with Gasteiger partial charge in [-0.2, -0.15) is 0 Å². The molecule has 1 saturated carbocycles. The summed E-state index contributed by atoms with van der Waals surface area (Å²) in [6.07, 6.45) is 7.87. The minimum Gasteiger partial charge on any atom is -0.359 e. The molecule has 2 fully saturated rings. The molecule has 150 valence electrons. The molecule has 4 unspecified atom stereocenters. The molecule has 1 amide bonds. The highest BCUT2D eigenvalue weighted by Gasteiger charge is 2.46. The minimum absolute atomic E-state index is 0. The standard InChI is InChI=1S/C24H30N2O.ClH/c1-25-24(27)23-19-12-7-9-16-8-6-11-18(21(16)19)22(23)17-10-2-3-13-20(17)26-14-4-5-15-26;/h6-9,11-12,17,20,22-23H,2-5,10,13-15H2,1H3,(H,25,27);1H. The first-order valence-corrected chi connectivity index (χ1v) is 10.8. The lowest BCUT2D eigenvalue weighted by molar-refractivity contribution is -0.123. The summed E-state index contributed by atoms with van der Waals surface area (Å²) in [7, 11) is 1.79. The number of nitrogens with zero attached hydrogens (tertiary/aromatic N) is 1. The zero-order valence-electron chi connectivity index (χ0n) is 16.7. The smallest absolute Gasteiger partial charge is 0.227 e. The van der Waals surface area contributed by atoms with Crippen molar-refractivity contribution in [1.82, 2.24) is 10.2 Å². The highest BCUT2D eigenvalue weighted by molar-refractivity contribution is 5.99.